The van der Waals surface area contributed by atoms with E-state index in [0.29, 0.717) is 24.0 Å². The fraction of sp³-hybridized carbons (Fsp3) is 0.333. The minimum Gasteiger partial charge on any atom is -0.505 e. The summed E-state index contributed by atoms with van der Waals surface area (Å²) in [7, 11) is 0. The van der Waals surface area contributed by atoms with Crippen LogP contribution in [0.5, 0.6) is 11.5 Å². The van der Waals surface area contributed by atoms with Crippen LogP contribution in [0.4, 0.5) is 0 Å². The van der Waals surface area contributed by atoms with Crippen molar-refractivity contribution < 1.29 is 9.84 Å². The zero-order valence-electron chi connectivity index (χ0n) is 13.7. The minimum atomic E-state index is 0.101. The molecule has 1 atom stereocenters. The second kappa shape index (κ2) is 6.28. The highest BCUT2D eigenvalue weighted by molar-refractivity contribution is 5.74. The lowest BCUT2D eigenvalue weighted by Gasteiger charge is -2.12. The first-order chi connectivity index (χ1) is 11.1. The molecule has 0 amide bonds. The summed E-state index contributed by atoms with van der Waals surface area (Å²) in [6, 6.07) is 11.1. The molecule has 1 aromatic heterocycles. The number of nitrogens with zero attached hydrogens (tertiary/aromatic N) is 3. The summed E-state index contributed by atoms with van der Waals surface area (Å²) < 4.78 is 5.69. The average molecular weight is 311 g/mol. The Kier molecular flexibility index (Phi) is 4.19. The van der Waals surface area contributed by atoms with Crippen molar-refractivity contribution in [1.82, 2.24) is 15.0 Å². The van der Waals surface area contributed by atoms with E-state index in [0.717, 1.165) is 23.0 Å². The molecule has 0 radical (unpaired) electrons. The molecule has 23 heavy (non-hydrogen) atoms. The molecule has 120 valence electrons. The Balaban J connectivity index is 1.87. The van der Waals surface area contributed by atoms with E-state index in [9.17, 15) is 5.11 Å². The average Bonchev–Trinajstić information content (AvgIpc) is 2.95. The van der Waals surface area contributed by atoms with Gasteiger partial charge in [-0.1, -0.05) is 26.3 Å². The molecule has 0 aliphatic heterocycles. The number of ether oxygens (including phenoxy) is 1. The number of benzene rings is 2. The first-order valence-corrected chi connectivity index (χ1v) is 7.86. The van der Waals surface area contributed by atoms with Crippen LogP contribution in [0, 0.1) is 12.8 Å². The van der Waals surface area contributed by atoms with Crippen molar-refractivity contribution in [3.8, 4) is 17.2 Å². The molecular formula is C18H21N3O2. The van der Waals surface area contributed by atoms with Gasteiger partial charge < -0.3 is 9.84 Å². The van der Waals surface area contributed by atoms with Crippen molar-refractivity contribution >= 4 is 11.0 Å². The Morgan fingerprint density at radius 2 is 1.91 bits per heavy atom. The quantitative estimate of drug-likeness (QED) is 0.777. The molecule has 0 saturated carbocycles. The highest BCUT2D eigenvalue weighted by Crippen LogP contribution is 2.27. The van der Waals surface area contributed by atoms with E-state index in [1.165, 1.54) is 4.80 Å². The van der Waals surface area contributed by atoms with Gasteiger partial charge in [-0.2, -0.15) is 0 Å². The van der Waals surface area contributed by atoms with Crippen LogP contribution < -0.4 is 4.74 Å². The van der Waals surface area contributed by atoms with Crippen LogP contribution in [-0.4, -0.2) is 26.7 Å². The normalized spacial score (nSPS) is 12.5. The van der Waals surface area contributed by atoms with Gasteiger partial charge in [0.1, 0.15) is 28.2 Å². The summed E-state index contributed by atoms with van der Waals surface area (Å²) in [5.41, 5.74) is 3.27. The number of hydrogen-bond donors (Lipinski definition) is 1. The van der Waals surface area contributed by atoms with E-state index in [-0.39, 0.29) is 5.75 Å². The smallest absolute Gasteiger partial charge is 0.146 e. The van der Waals surface area contributed by atoms with Crippen molar-refractivity contribution in [1.29, 1.82) is 0 Å². The molecular weight excluding hydrogens is 290 g/mol. The standard InChI is InChI=1S/C18H21N3O2/c1-4-12(2)11-23-14-6-8-17(18(22)10-14)21-19-15-7-5-13(3)9-16(15)20-21/h5-10,12,22H,4,11H2,1-3H3. The van der Waals surface area contributed by atoms with Crippen LogP contribution in [0.2, 0.25) is 0 Å². The Hall–Kier alpha value is -2.56. The zero-order chi connectivity index (χ0) is 16.4. The van der Waals surface area contributed by atoms with Gasteiger partial charge in [0.15, 0.2) is 0 Å². The number of aromatic hydroxyl groups is 1. The van der Waals surface area contributed by atoms with Gasteiger partial charge in [-0.3, -0.25) is 0 Å². The van der Waals surface area contributed by atoms with Crippen LogP contribution >= 0.6 is 0 Å². The molecule has 1 N–H and O–H groups in total. The van der Waals surface area contributed by atoms with E-state index < -0.39 is 0 Å². The van der Waals surface area contributed by atoms with Gasteiger partial charge in [-0.05, 0) is 42.7 Å². The Morgan fingerprint density at radius 3 is 2.65 bits per heavy atom. The molecule has 3 aromatic rings. The van der Waals surface area contributed by atoms with Gasteiger partial charge in [0.25, 0.3) is 0 Å². The van der Waals surface area contributed by atoms with Gasteiger partial charge in [0.05, 0.1) is 6.61 Å². The first-order valence-electron chi connectivity index (χ1n) is 7.86. The molecule has 0 aliphatic rings. The predicted molar refractivity (Wildman–Crippen MR) is 90.2 cm³/mol. The number of phenols is 1. The molecule has 0 aliphatic carbocycles. The lowest BCUT2D eigenvalue weighted by atomic mass is 10.1. The van der Waals surface area contributed by atoms with Crippen LogP contribution in [-0.2, 0) is 0 Å². The largest absolute Gasteiger partial charge is 0.505 e. The van der Waals surface area contributed by atoms with Gasteiger partial charge in [0.2, 0.25) is 0 Å². The molecule has 5 nitrogen and oxygen atoms in total. The number of hydrogen-bond acceptors (Lipinski definition) is 4. The fourth-order valence-corrected chi connectivity index (χ4v) is 2.25. The van der Waals surface area contributed by atoms with Crippen molar-refractivity contribution in [2.75, 3.05) is 6.61 Å². The third kappa shape index (κ3) is 3.28. The van der Waals surface area contributed by atoms with E-state index in [4.69, 9.17) is 4.74 Å². The summed E-state index contributed by atoms with van der Waals surface area (Å²) in [5, 5.41) is 19.1. The summed E-state index contributed by atoms with van der Waals surface area (Å²) in [4.78, 5) is 1.46. The summed E-state index contributed by atoms with van der Waals surface area (Å²) >= 11 is 0. The topological polar surface area (TPSA) is 60.2 Å². The maximum atomic E-state index is 10.3. The first kappa shape index (κ1) is 15.3. The lowest BCUT2D eigenvalue weighted by molar-refractivity contribution is 0.255. The van der Waals surface area contributed by atoms with Gasteiger partial charge in [0, 0.05) is 6.07 Å². The molecule has 1 heterocycles. The van der Waals surface area contributed by atoms with E-state index in [2.05, 4.69) is 24.0 Å². The van der Waals surface area contributed by atoms with Gasteiger partial charge >= 0.3 is 0 Å². The minimum absolute atomic E-state index is 0.101. The molecule has 0 saturated heterocycles. The summed E-state index contributed by atoms with van der Waals surface area (Å²) in [6.07, 6.45) is 1.06. The SMILES string of the molecule is CCC(C)COc1ccc(-n2nc3ccc(C)cc3n2)c(O)c1. The third-order valence-corrected chi connectivity index (χ3v) is 3.93. The Morgan fingerprint density at radius 1 is 1.13 bits per heavy atom. The molecule has 2 aromatic carbocycles. The number of aryl methyl sites for hydroxylation is 1. The van der Waals surface area contributed by atoms with E-state index in [1.807, 2.05) is 31.2 Å². The fourth-order valence-electron chi connectivity index (χ4n) is 2.25. The zero-order valence-corrected chi connectivity index (χ0v) is 13.7. The van der Waals surface area contributed by atoms with Crippen molar-refractivity contribution in [3.05, 3.63) is 42.0 Å². The van der Waals surface area contributed by atoms with Crippen molar-refractivity contribution in [3.63, 3.8) is 0 Å². The molecule has 0 spiro atoms. The number of fused-ring (bicyclic) bond motifs is 1. The predicted octanol–water partition coefficient (Wildman–Crippen LogP) is 3.86. The third-order valence-electron chi connectivity index (χ3n) is 3.93. The molecule has 0 bridgehead atoms. The van der Waals surface area contributed by atoms with Crippen molar-refractivity contribution in [2.45, 2.75) is 27.2 Å². The summed E-state index contributed by atoms with van der Waals surface area (Å²) in [6.45, 7) is 6.91. The Labute approximate surface area is 135 Å². The molecule has 3 rings (SSSR count). The monoisotopic (exact) mass is 311 g/mol. The van der Waals surface area contributed by atoms with Gasteiger partial charge in [-0.25, -0.2) is 0 Å². The number of phenolic OH excluding ortho intramolecular Hbond substituents is 1. The summed E-state index contributed by atoms with van der Waals surface area (Å²) in [5.74, 6) is 1.24. The van der Waals surface area contributed by atoms with Crippen LogP contribution in [0.3, 0.4) is 0 Å². The molecule has 5 heteroatoms. The van der Waals surface area contributed by atoms with Gasteiger partial charge in [-0.15, -0.1) is 15.0 Å². The highest BCUT2D eigenvalue weighted by Gasteiger charge is 2.10. The Bertz CT molecular complexity index is 826. The highest BCUT2D eigenvalue weighted by atomic mass is 16.5. The molecule has 0 fully saturated rings. The van der Waals surface area contributed by atoms with Crippen LogP contribution in [0.15, 0.2) is 36.4 Å². The van der Waals surface area contributed by atoms with E-state index in [1.54, 1.807) is 12.1 Å². The lowest BCUT2D eigenvalue weighted by Crippen LogP contribution is -2.07. The van der Waals surface area contributed by atoms with Crippen LogP contribution in [0.1, 0.15) is 25.8 Å². The molecule has 1 unspecified atom stereocenters. The second-order valence-corrected chi connectivity index (χ2v) is 5.96. The van der Waals surface area contributed by atoms with Crippen LogP contribution in [0.25, 0.3) is 16.7 Å². The van der Waals surface area contributed by atoms with Crippen molar-refractivity contribution in [2.24, 2.45) is 5.92 Å². The maximum absolute atomic E-state index is 10.3. The maximum Gasteiger partial charge on any atom is 0.146 e. The number of aromatic nitrogens is 3. The number of rotatable bonds is 5. The van der Waals surface area contributed by atoms with E-state index >= 15 is 0 Å². The second-order valence-electron chi connectivity index (χ2n) is 5.96.